The van der Waals surface area contributed by atoms with E-state index in [1.54, 1.807) is 12.3 Å². The lowest BCUT2D eigenvalue weighted by molar-refractivity contribution is -0.142. The van der Waals surface area contributed by atoms with Crippen LogP contribution in [0.5, 0.6) is 0 Å². The monoisotopic (exact) mass is 429 g/mol. The average molecular weight is 429 g/mol. The summed E-state index contributed by atoms with van der Waals surface area (Å²) in [4.78, 5) is 26.8. The number of hydrogen-bond acceptors (Lipinski definition) is 6. The molecule has 0 N–H and O–H groups in total. The molecule has 4 aromatic rings. The zero-order valence-electron chi connectivity index (χ0n) is 17.4. The number of amides is 1. The van der Waals surface area contributed by atoms with E-state index in [-0.39, 0.29) is 24.5 Å². The number of rotatable bonds is 6. The summed E-state index contributed by atoms with van der Waals surface area (Å²) >= 11 is 0. The van der Waals surface area contributed by atoms with Gasteiger partial charge in [-0.2, -0.15) is 0 Å². The summed E-state index contributed by atoms with van der Waals surface area (Å²) < 4.78 is 5.86. The van der Waals surface area contributed by atoms with Gasteiger partial charge in [-0.05, 0) is 28.5 Å². The molecule has 1 aliphatic rings. The molecule has 32 heavy (non-hydrogen) atoms. The SMILES string of the molecule is O=C(C(c1ccccc1)c1ccccc1)N1CCOC(COn2nnc3cccnc32)C1. The van der Waals surface area contributed by atoms with Crippen molar-refractivity contribution in [1.29, 1.82) is 0 Å². The number of carbonyl (C=O) groups is 1. The molecule has 162 valence electrons. The van der Waals surface area contributed by atoms with Gasteiger partial charge in [-0.3, -0.25) is 4.79 Å². The normalized spacial score (nSPS) is 16.4. The molecule has 0 radical (unpaired) electrons. The number of fused-ring (bicyclic) bond motifs is 1. The molecule has 1 fully saturated rings. The Bertz CT molecular complexity index is 1140. The van der Waals surface area contributed by atoms with Crippen LogP contribution in [0, 0.1) is 0 Å². The molecule has 5 rings (SSSR count). The molecule has 8 nitrogen and oxygen atoms in total. The molecular formula is C24H23N5O3. The molecule has 1 amide bonds. The number of benzene rings is 2. The number of carbonyl (C=O) groups excluding carboxylic acids is 1. The van der Waals surface area contributed by atoms with Crippen molar-refractivity contribution in [2.45, 2.75) is 12.0 Å². The lowest BCUT2D eigenvalue weighted by Gasteiger charge is -2.35. The Morgan fingerprint density at radius 1 is 1.03 bits per heavy atom. The van der Waals surface area contributed by atoms with E-state index in [4.69, 9.17) is 9.57 Å². The molecule has 1 aliphatic heterocycles. The van der Waals surface area contributed by atoms with Gasteiger partial charge in [-0.15, -0.1) is 5.10 Å². The molecule has 2 aromatic heterocycles. The summed E-state index contributed by atoms with van der Waals surface area (Å²) in [7, 11) is 0. The molecule has 8 heteroatoms. The molecule has 1 atom stereocenters. The summed E-state index contributed by atoms with van der Waals surface area (Å²) in [6.45, 7) is 1.67. The highest BCUT2D eigenvalue weighted by molar-refractivity contribution is 5.87. The maximum Gasteiger partial charge on any atom is 0.234 e. The highest BCUT2D eigenvalue weighted by Crippen LogP contribution is 2.27. The fourth-order valence-electron chi connectivity index (χ4n) is 3.96. The standard InChI is InChI=1S/C24H23N5O3/c30-24(22(18-8-3-1-4-9-18)19-10-5-2-6-11-19)28-14-15-31-20(16-28)17-32-29-23-21(26-27-29)12-7-13-25-23/h1-13,20,22H,14-17H2. The molecule has 3 heterocycles. The summed E-state index contributed by atoms with van der Waals surface area (Å²) in [5.41, 5.74) is 3.15. The molecule has 0 aliphatic carbocycles. The number of aromatic nitrogens is 4. The lowest BCUT2D eigenvalue weighted by Crippen LogP contribution is -2.49. The van der Waals surface area contributed by atoms with Gasteiger partial charge in [0.15, 0.2) is 0 Å². The second-order valence-corrected chi connectivity index (χ2v) is 7.64. The van der Waals surface area contributed by atoms with Crippen molar-refractivity contribution in [3.63, 3.8) is 0 Å². The predicted molar refractivity (Wildman–Crippen MR) is 118 cm³/mol. The topological polar surface area (TPSA) is 82.4 Å². The second kappa shape index (κ2) is 9.15. The first-order valence-electron chi connectivity index (χ1n) is 10.6. The molecule has 1 saturated heterocycles. The smallest absolute Gasteiger partial charge is 0.234 e. The first-order valence-corrected chi connectivity index (χ1v) is 10.6. The van der Waals surface area contributed by atoms with Gasteiger partial charge >= 0.3 is 0 Å². The van der Waals surface area contributed by atoms with Crippen LogP contribution < -0.4 is 4.84 Å². The van der Waals surface area contributed by atoms with Crippen molar-refractivity contribution in [2.75, 3.05) is 26.3 Å². The molecule has 0 saturated carbocycles. The van der Waals surface area contributed by atoms with Gasteiger partial charge in [0.25, 0.3) is 0 Å². The zero-order valence-corrected chi connectivity index (χ0v) is 17.4. The van der Waals surface area contributed by atoms with Crippen LogP contribution in [-0.4, -0.2) is 63.4 Å². The van der Waals surface area contributed by atoms with Crippen LogP contribution in [0.25, 0.3) is 11.2 Å². The van der Waals surface area contributed by atoms with Gasteiger partial charge in [0.1, 0.15) is 18.2 Å². The fourth-order valence-corrected chi connectivity index (χ4v) is 3.96. The van der Waals surface area contributed by atoms with E-state index < -0.39 is 0 Å². The number of morpholine rings is 1. The summed E-state index contributed by atoms with van der Waals surface area (Å²) in [5.74, 6) is -0.302. The van der Waals surface area contributed by atoms with E-state index >= 15 is 0 Å². The first-order chi connectivity index (χ1) is 15.8. The van der Waals surface area contributed by atoms with Crippen LogP contribution >= 0.6 is 0 Å². The largest absolute Gasteiger partial charge is 0.391 e. The van der Waals surface area contributed by atoms with Gasteiger partial charge in [0.2, 0.25) is 11.6 Å². The van der Waals surface area contributed by atoms with Crippen LogP contribution in [0.4, 0.5) is 0 Å². The van der Waals surface area contributed by atoms with Gasteiger partial charge in [-0.25, -0.2) is 4.98 Å². The van der Waals surface area contributed by atoms with Crippen LogP contribution in [0.2, 0.25) is 0 Å². The van der Waals surface area contributed by atoms with Crippen molar-refractivity contribution in [1.82, 2.24) is 25.0 Å². The van der Waals surface area contributed by atoms with Gasteiger partial charge in [0, 0.05) is 12.7 Å². The molecule has 0 bridgehead atoms. The first kappa shape index (κ1) is 20.1. The Morgan fingerprint density at radius 3 is 2.47 bits per heavy atom. The quantitative estimate of drug-likeness (QED) is 0.468. The average Bonchev–Trinajstić information content (AvgIpc) is 3.27. The number of ether oxygens (including phenoxy) is 1. The van der Waals surface area contributed by atoms with Crippen LogP contribution in [0.1, 0.15) is 17.0 Å². The maximum atomic E-state index is 13.6. The molecule has 1 unspecified atom stereocenters. The summed E-state index contributed by atoms with van der Waals surface area (Å²) in [5, 5.41) is 8.02. The Hall–Kier alpha value is -3.78. The van der Waals surface area contributed by atoms with E-state index in [9.17, 15) is 4.79 Å². The van der Waals surface area contributed by atoms with E-state index in [0.717, 1.165) is 11.1 Å². The summed E-state index contributed by atoms with van der Waals surface area (Å²) in [6.07, 6.45) is 1.39. The van der Waals surface area contributed by atoms with E-state index in [0.29, 0.717) is 30.9 Å². The van der Waals surface area contributed by atoms with E-state index in [1.807, 2.05) is 71.6 Å². The van der Waals surface area contributed by atoms with Crippen molar-refractivity contribution in [3.8, 4) is 0 Å². The highest BCUT2D eigenvalue weighted by Gasteiger charge is 2.31. The number of hydrogen-bond donors (Lipinski definition) is 0. The van der Waals surface area contributed by atoms with Crippen LogP contribution in [0.3, 0.4) is 0 Å². The van der Waals surface area contributed by atoms with Crippen LogP contribution in [0.15, 0.2) is 79.0 Å². The minimum absolute atomic E-state index is 0.0589. The van der Waals surface area contributed by atoms with Crippen molar-refractivity contribution in [3.05, 3.63) is 90.1 Å². The van der Waals surface area contributed by atoms with Crippen molar-refractivity contribution >= 4 is 17.1 Å². The maximum absolute atomic E-state index is 13.6. The third-order valence-electron chi connectivity index (χ3n) is 5.53. The van der Waals surface area contributed by atoms with Crippen molar-refractivity contribution in [2.24, 2.45) is 0 Å². The minimum Gasteiger partial charge on any atom is -0.391 e. The minimum atomic E-state index is -0.361. The second-order valence-electron chi connectivity index (χ2n) is 7.64. The number of nitrogens with zero attached hydrogens (tertiary/aromatic N) is 5. The lowest BCUT2D eigenvalue weighted by atomic mass is 9.90. The zero-order chi connectivity index (χ0) is 21.8. The van der Waals surface area contributed by atoms with E-state index in [2.05, 4.69) is 15.3 Å². The Kier molecular flexibility index (Phi) is 5.76. The van der Waals surface area contributed by atoms with Crippen LogP contribution in [-0.2, 0) is 9.53 Å². The third kappa shape index (κ3) is 4.17. The van der Waals surface area contributed by atoms with Gasteiger partial charge in [-0.1, -0.05) is 65.5 Å². The predicted octanol–water partition coefficient (Wildman–Crippen LogP) is 2.31. The third-order valence-corrected chi connectivity index (χ3v) is 5.53. The number of pyridine rings is 1. The Balaban J connectivity index is 1.30. The molecule has 2 aromatic carbocycles. The van der Waals surface area contributed by atoms with Gasteiger partial charge < -0.3 is 14.5 Å². The molecule has 0 spiro atoms. The molecular weight excluding hydrogens is 406 g/mol. The van der Waals surface area contributed by atoms with Crippen molar-refractivity contribution < 1.29 is 14.4 Å². The van der Waals surface area contributed by atoms with E-state index in [1.165, 1.54) is 4.85 Å². The fraction of sp³-hybridized carbons (Fsp3) is 0.250. The highest BCUT2D eigenvalue weighted by atomic mass is 16.7. The van der Waals surface area contributed by atoms with Gasteiger partial charge in [0.05, 0.1) is 19.1 Å². The Morgan fingerprint density at radius 2 is 1.75 bits per heavy atom. The summed E-state index contributed by atoms with van der Waals surface area (Å²) in [6, 6.07) is 23.4. The Labute approximate surface area is 185 Å².